The number of nitrogens with zero attached hydrogens (tertiary/aromatic N) is 1. The van der Waals surface area contributed by atoms with Gasteiger partial charge in [0.1, 0.15) is 0 Å². The molecule has 0 saturated carbocycles. The van der Waals surface area contributed by atoms with E-state index in [2.05, 4.69) is 15.5 Å². The molecule has 0 radical (unpaired) electrons. The van der Waals surface area contributed by atoms with Gasteiger partial charge in [-0.1, -0.05) is 0 Å². The SMILES string of the molecule is O=C1CCN(C2CCCCN2)CCN1. The lowest BCUT2D eigenvalue weighted by molar-refractivity contribution is -0.120. The van der Waals surface area contributed by atoms with Crippen molar-refractivity contribution < 1.29 is 4.79 Å². The van der Waals surface area contributed by atoms with E-state index in [-0.39, 0.29) is 5.91 Å². The van der Waals surface area contributed by atoms with Crippen LogP contribution in [0, 0.1) is 0 Å². The van der Waals surface area contributed by atoms with Crippen LogP contribution in [0.1, 0.15) is 25.7 Å². The third kappa shape index (κ3) is 2.45. The maximum Gasteiger partial charge on any atom is 0.221 e. The van der Waals surface area contributed by atoms with Crippen molar-refractivity contribution in [1.29, 1.82) is 0 Å². The summed E-state index contributed by atoms with van der Waals surface area (Å²) in [5, 5.41) is 6.42. The molecule has 0 spiro atoms. The number of piperidine rings is 1. The minimum absolute atomic E-state index is 0.198. The fourth-order valence-electron chi connectivity index (χ4n) is 2.24. The van der Waals surface area contributed by atoms with E-state index in [1.165, 1.54) is 19.3 Å². The number of hydrogen-bond acceptors (Lipinski definition) is 3. The van der Waals surface area contributed by atoms with Crippen LogP contribution in [0.2, 0.25) is 0 Å². The summed E-state index contributed by atoms with van der Waals surface area (Å²) >= 11 is 0. The van der Waals surface area contributed by atoms with Crippen LogP contribution >= 0.6 is 0 Å². The van der Waals surface area contributed by atoms with E-state index in [1.807, 2.05) is 0 Å². The lowest BCUT2D eigenvalue weighted by Gasteiger charge is -2.33. The van der Waals surface area contributed by atoms with E-state index in [0.29, 0.717) is 12.6 Å². The molecular weight excluding hydrogens is 178 g/mol. The molecule has 1 atom stereocenters. The van der Waals surface area contributed by atoms with Gasteiger partial charge in [-0.25, -0.2) is 0 Å². The maximum absolute atomic E-state index is 11.2. The van der Waals surface area contributed by atoms with Crippen LogP contribution in [-0.2, 0) is 4.79 Å². The summed E-state index contributed by atoms with van der Waals surface area (Å²) in [7, 11) is 0. The zero-order valence-electron chi connectivity index (χ0n) is 8.59. The smallest absolute Gasteiger partial charge is 0.221 e. The first-order valence-corrected chi connectivity index (χ1v) is 5.60. The van der Waals surface area contributed by atoms with Crippen molar-refractivity contribution >= 4 is 5.91 Å². The van der Waals surface area contributed by atoms with Crippen LogP contribution in [0.4, 0.5) is 0 Å². The molecular formula is C10H19N3O. The molecule has 2 rings (SSSR count). The minimum atomic E-state index is 0.198. The van der Waals surface area contributed by atoms with Gasteiger partial charge in [0.15, 0.2) is 0 Å². The molecule has 0 aromatic carbocycles. The van der Waals surface area contributed by atoms with Crippen molar-refractivity contribution in [2.24, 2.45) is 0 Å². The Kier molecular flexibility index (Phi) is 3.37. The van der Waals surface area contributed by atoms with Gasteiger partial charge in [0.25, 0.3) is 0 Å². The second-order valence-electron chi connectivity index (χ2n) is 4.10. The molecule has 2 fully saturated rings. The summed E-state index contributed by atoms with van der Waals surface area (Å²) in [5.74, 6) is 0.198. The number of amides is 1. The van der Waals surface area contributed by atoms with Gasteiger partial charge in [-0.3, -0.25) is 9.69 Å². The molecule has 0 aromatic heterocycles. The van der Waals surface area contributed by atoms with Gasteiger partial charge in [-0.2, -0.15) is 0 Å². The summed E-state index contributed by atoms with van der Waals surface area (Å²) < 4.78 is 0. The first-order chi connectivity index (χ1) is 6.86. The van der Waals surface area contributed by atoms with Gasteiger partial charge in [-0.05, 0) is 25.8 Å². The number of rotatable bonds is 1. The van der Waals surface area contributed by atoms with Gasteiger partial charge in [0, 0.05) is 26.1 Å². The Morgan fingerprint density at radius 3 is 2.93 bits per heavy atom. The molecule has 0 bridgehead atoms. The average Bonchev–Trinajstić information content (AvgIpc) is 2.44. The van der Waals surface area contributed by atoms with Gasteiger partial charge in [0.2, 0.25) is 5.91 Å². The van der Waals surface area contributed by atoms with Crippen LogP contribution in [-0.4, -0.2) is 43.2 Å². The molecule has 0 aliphatic carbocycles. The highest BCUT2D eigenvalue weighted by Gasteiger charge is 2.22. The Labute approximate surface area is 85.0 Å². The van der Waals surface area contributed by atoms with Gasteiger partial charge >= 0.3 is 0 Å². The molecule has 2 heterocycles. The second-order valence-corrected chi connectivity index (χ2v) is 4.10. The third-order valence-corrected chi connectivity index (χ3v) is 3.07. The van der Waals surface area contributed by atoms with Crippen molar-refractivity contribution in [3.8, 4) is 0 Å². The zero-order valence-corrected chi connectivity index (χ0v) is 8.59. The largest absolute Gasteiger partial charge is 0.355 e. The standard InChI is InChI=1S/C10H19N3O/c14-10-4-7-13(8-6-12-10)9-3-1-2-5-11-9/h9,11H,1-8H2,(H,12,14). The number of carbonyl (C=O) groups excluding carboxylic acids is 1. The van der Waals surface area contributed by atoms with Crippen LogP contribution < -0.4 is 10.6 Å². The molecule has 1 amide bonds. The molecule has 14 heavy (non-hydrogen) atoms. The quantitative estimate of drug-likeness (QED) is 0.617. The van der Waals surface area contributed by atoms with Gasteiger partial charge in [-0.15, -0.1) is 0 Å². The van der Waals surface area contributed by atoms with Crippen LogP contribution in [0.15, 0.2) is 0 Å². The zero-order chi connectivity index (χ0) is 9.80. The first-order valence-electron chi connectivity index (χ1n) is 5.60. The molecule has 2 N–H and O–H groups in total. The van der Waals surface area contributed by atoms with Crippen LogP contribution in [0.5, 0.6) is 0 Å². The summed E-state index contributed by atoms with van der Waals surface area (Å²) in [6.45, 7) is 3.83. The maximum atomic E-state index is 11.2. The Balaban J connectivity index is 1.86. The fraction of sp³-hybridized carbons (Fsp3) is 0.900. The second kappa shape index (κ2) is 4.75. The monoisotopic (exact) mass is 197 g/mol. The van der Waals surface area contributed by atoms with Crippen molar-refractivity contribution in [2.75, 3.05) is 26.2 Å². The first kappa shape index (κ1) is 9.93. The molecule has 4 heteroatoms. The third-order valence-electron chi connectivity index (χ3n) is 3.07. The number of nitrogens with one attached hydrogen (secondary N) is 2. The van der Waals surface area contributed by atoms with E-state index in [9.17, 15) is 4.79 Å². The number of hydrogen-bond donors (Lipinski definition) is 2. The molecule has 4 nitrogen and oxygen atoms in total. The molecule has 80 valence electrons. The van der Waals surface area contributed by atoms with Crippen LogP contribution in [0.3, 0.4) is 0 Å². The fourth-order valence-corrected chi connectivity index (χ4v) is 2.24. The lowest BCUT2D eigenvalue weighted by atomic mass is 10.1. The van der Waals surface area contributed by atoms with Crippen LogP contribution in [0.25, 0.3) is 0 Å². The highest BCUT2D eigenvalue weighted by atomic mass is 16.1. The van der Waals surface area contributed by atoms with Gasteiger partial charge < -0.3 is 10.6 Å². The van der Waals surface area contributed by atoms with Crippen molar-refractivity contribution in [3.63, 3.8) is 0 Å². The van der Waals surface area contributed by atoms with E-state index in [4.69, 9.17) is 0 Å². The van der Waals surface area contributed by atoms with E-state index < -0.39 is 0 Å². The highest BCUT2D eigenvalue weighted by Crippen LogP contribution is 2.12. The predicted octanol–water partition coefficient (Wildman–Crippen LogP) is -0.0921. The topological polar surface area (TPSA) is 44.4 Å². The molecule has 2 aliphatic rings. The summed E-state index contributed by atoms with van der Waals surface area (Å²) in [6, 6.07) is 0. The summed E-state index contributed by atoms with van der Waals surface area (Å²) in [4.78, 5) is 13.6. The Morgan fingerprint density at radius 2 is 2.14 bits per heavy atom. The Bertz CT molecular complexity index is 202. The van der Waals surface area contributed by atoms with E-state index in [0.717, 1.165) is 26.2 Å². The summed E-state index contributed by atoms with van der Waals surface area (Å²) in [6.07, 6.45) is 5.00. The highest BCUT2D eigenvalue weighted by molar-refractivity contribution is 5.76. The summed E-state index contributed by atoms with van der Waals surface area (Å²) in [5.41, 5.74) is 0. The average molecular weight is 197 g/mol. The molecule has 0 aromatic rings. The Hall–Kier alpha value is -0.610. The Morgan fingerprint density at radius 1 is 1.21 bits per heavy atom. The van der Waals surface area contributed by atoms with Crippen molar-refractivity contribution in [2.45, 2.75) is 31.8 Å². The van der Waals surface area contributed by atoms with Crippen molar-refractivity contribution in [3.05, 3.63) is 0 Å². The lowest BCUT2D eigenvalue weighted by Crippen LogP contribution is -2.49. The normalized spacial score (nSPS) is 30.9. The minimum Gasteiger partial charge on any atom is -0.355 e. The molecule has 2 saturated heterocycles. The predicted molar refractivity (Wildman–Crippen MR) is 54.8 cm³/mol. The molecule has 1 unspecified atom stereocenters. The van der Waals surface area contributed by atoms with Crippen molar-refractivity contribution in [1.82, 2.24) is 15.5 Å². The van der Waals surface area contributed by atoms with Gasteiger partial charge in [0.05, 0.1) is 6.17 Å². The van der Waals surface area contributed by atoms with E-state index in [1.54, 1.807) is 0 Å². The molecule has 2 aliphatic heterocycles. The number of carbonyl (C=O) groups is 1. The van der Waals surface area contributed by atoms with E-state index >= 15 is 0 Å².